The molecule has 0 aliphatic carbocycles. The zero-order chi connectivity index (χ0) is 20.3. The molecule has 1 aliphatic rings. The number of aromatic nitrogens is 2. The number of halogens is 2. The third-order valence-corrected chi connectivity index (χ3v) is 5.76. The van der Waals surface area contributed by atoms with E-state index in [4.69, 9.17) is 27.9 Å². The second-order valence-electron chi connectivity index (χ2n) is 7.14. The fourth-order valence-electron chi connectivity index (χ4n) is 3.23. The second-order valence-corrected chi connectivity index (χ2v) is 7.90. The summed E-state index contributed by atoms with van der Waals surface area (Å²) in [6, 6.07) is 7.35. The maximum atomic E-state index is 12.5. The minimum atomic E-state index is -0.647. The van der Waals surface area contributed by atoms with Crippen LogP contribution in [-0.4, -0.2) is 46.3 Å². The van der Waals surface area contributed by atoms with Crippen LogP contribution in [0.25, 0.3) is 0 Å². The number of benzene rings is 1. The molecule has 0 saturated carbocycles. The van der Waals surface area contributed by atoms with Crippen molar-refractivity contribution in [2.24, 2.45) is 5.92 Å². The molecule has 0 unspecified atom stereocenters. The fourth-order valence-corrected chi connectivity index (χ4v) is 3.73. The van der Waals surface area contributed by atoms with Crippen molar-refractivity contribution in [3.8, 4) is 0 Å². The predicted octanol–water partition coefficient (Wildman–Crippen LogP) is 3.96. The molecule has 1 saturated heterocycles. The van der Waals surface area contributed by atoms with E-state index in [1.54, 1.807) is 17.9 Å². The highest BCUT2D eigenvalue weighted by Gasteiger charge is 2.25. The first kappa shape index (κ1) is 20.7. The second kappa shape index (κ2) is 8.97. The highest BCUT2D eigenvalue weighted by atomic mass is 35.5. The molecule has 0 spiro atoms. The topological polar surface area (TPSA) is 64.4 Å². The Morgan fingerprint density at radius 1 is 1.21 bits per heavy atom. The molecule has 1 amide bonds. The van der Waals surface area contributed by atoms with Crippen LogP contribution in [-0.2, 0) is 16.1 Å². The molecule has 3 rings (SSSR count). The number of hydrogen-bond donors (Lipinski definition) is 0. The van der Waals surface area contributed by atoms with Crippen molar-refractivity contribution in [1.29, 1.82) is 0 Å². The summed E-state index contributed by atoms with van der Waals surface area (Å²) >= 11 is 12.6. The Kier molecular flexibility index (Phi) is 6.62. The maximum Gasteiger partial charge on any atom is 0.343 e. The summed E-state index contributed by atoms with van der Waals surface area (Å²) in [6.07, 6.45) is 1.94. The fraction of sp³-hybridized carbons (Fsp3) is 0.450. The molecule has 28 heavy (non-hydrogen) atoms. The molecule has 1 aromatic heterocycles. The van der Waals surface area contributed by atoms with Crippen LogP contribution < -0.4 is 0 Å². The minimum Gasteiger partial charge on any atom is -0.452 e. The van der Waals surface area contributed by atoms with E-state index in [2.05, 4.69) is 12.0 Å². The Morgan fingerprint density at radius 2 is 1.89 bits per heavy atom. The molecular formula is C20H23Cl2N3O3. The van der Waals surface area contributed by atoms with Gasteiger partial charge in [-0.2, -0.15) is 5.10 Å². The Morgan fingerprint density at radius 3 is 2.57 bits per heavy atom. The van der Waals surface area contributed by atoms with Crippen LogP contribution in [0.5, 0.6) is 0 Å². The van der Waals surface area contributed by atoms with Gasteiger partial charge >= 0.3 is 5.97 Å². The van der Waals surface area contributed by atoms with Gasteiger partial charge in [0, 0.05) is 18.1 Å². The highest BCUT2D eigenvalue weighted by Crippen LogP contribution is 2.24. The van der Waals surface area contributed by atoms with Crippen molar-refractivity contribution in [2.45, 2.75) is 33.2 Å². The molecule has 0 radical (unpaired) electrons. The molecule has 0 N–H and O–H groups in total. The van der Waals surface area contributed by atoms with E-state index in [1.807, 2.05) is 18.2 Å². The Bertz CT molecular complexity index is 874. The molecular weight excluding hydrogens is 401 g/mol. The van der Waals surface area contributed by atoms with Crippen LogP contribution in [0.3, 0.4) is 0 Å². The number of likely N-dealkylation sites (tertiary alicyclic amines) is 1. The van der Waals surface area contributed by atoms with Gasteiger partial charge in [-0.15, -0.1) is 0 Å². The zero-order valence-corrected chi connectivity index (χ0v) is 17.5. The van der Waals surface area contributed by atoms with Crippen LogP contribution in [0.15, 0.2) is 24.3 Å². The number of esters is 1. The monoisotopic (exact) mass is 423 g/mol. The molecule has 1 fully saturated rings. The van der Waals surface area contributed by atoms with Crippen LogP contribution in [0.4, 0.5) is 0 Å². The Labute approximate surface area is 174 Å². The van der Waals surface area contributed by atoms with Gasteiger partial charge in [-0.3, -0.25) is 4.79 Å². The molecule has 150 valence electrons. The smallest absolute Gasteiger partial charge is 0.343 e. The maximum absolute atomic E-state index is 12.5. The largest absolute Gasteiger partial charge is 0.452 e. The standard InChI is InChI=1S/C20H23Cl2N3O3/c1-13-7-9-24(10-8-13)17(26)12-28-20(27)18-14(2)23-25(19(18)22)11-15-5-3-4-6-16(15)21/h3-6,13H,7-12H2,1-2H3. The third-order valence-electron chi connectivity index (χ3n) is 5.01. The number of piperidine rings is 1. The van der Waals surface area contributed by atoms with E-state index in [9.17, 15) is 9.59 Å². The molecule has 8 heteroatoms. The van der Waals surface area contributed by atoms with E-state index >= 15 is 0 Å². The van der Waals surface area contributed by atoms with Gasteiger partial charge in [0.05, 0.1) is 12.2 Å². The summed E-state index contributed by atoms with van der Waals surface area (Å²) < 4.78 is 6.73. The van der Waals surface area contributed by atoms with Crippen molar-refractivity contribution < 1.29 is 14.3 Å². The molecule has 2 heterocycles. The van der Waals surface area contributed by atoms with E-state index in [1.165, 1.54) is 4.68 Å². The van der Waals surface area contributed by atoms with E-state index in [0.717, 1.165) is 18.4 Å². The number of amides is 1. The number of nitrogens with zero attached hydrogens (tertiary/aromatic N) is 3. The average molecular weight is 424 g/mol. The first-order valence-electron chi connectivity index (χ1n) is 9.28. The van der Waals surface area contributed by atoms with Crippen LogP contribution >= 0.6 is 23.2 Å². The highest BCUT2D eigenvalue weighted by molar-refractivity contribution is 6.33. The lowest BCUT2D eigenvalue weighted by Gasteiger charge is -2.30. The lowest BCUT2D eigenvalue weighted by Crippen LogP contribution is -2.40. The molecule has 1 aliphatic heterocycles. The van der Waals surface area contributed by atoms with E-state index in [-0.39, 0.29) is 23.2 Å². The SMILES string of the molecule is Cc1nn(Cc2ccccc2Cl)c(Cl)c1C(=O)OCC(=O)N1CCC(C)CC1. The first-order chi connectivity index (χ1) is 13.4. The lowest BCUT2D eigenvalue weighted by molar-refractivity contribution is -0.135. The normalized spacial score (nSPS) is 14.9. The Balaban J connectivity index is 1.65. The van der Waals surface area contributed by atoms with Gasteiger partial charge in [0.25, 0.3) is 5.91 Å². The number of carbonyl (C=O) groups excluding carboxylic acids is 2. The number of hydrogen-bond acceptors (Lipinski definition) is 4. The van der Waals surface area contributed by atoms with Gasteiger partial charge in [0.2, 0.25) is 0 Å². The number of aryl methyl sites for hydroxylation is 1. The van der Waals surface area contributed by atoms with E-state index < -0.39 is 5.97 Å². The molecule has 6 nitrogen and oxygen atoms in total. The van der Waals surface area contributed by atoms with Crippen molar-refractivity contribution in [2.75, 3.05) is 19.7 Å². The van der Waals surface area contributed by atoms with Crippen molar-refractivity contribution in [3.05, 3.63) is 51.3 Å². The van der Waals surface area contributed by atoms with Gasteiger partial charge in [-0.05, 0) is 37.3 Å². The summed E-state index contributed by atoms with van der Waals surface area (Å²) in [4.78, 5) is 26.5. The van der Waals surface area contributed by atoms with Crippen molar-refractivity contribution >= 4 is 35.1 Å². The summed E-state index contributed by atoms with van der Waals surface area (Å²) in [5.74, 6) is -0.207. The van der Waals surface area contributed by atoms with Gasteiger partial charge in [-0.25, -0.2) is 9.48 Å². The van der Waals surface area contributed by atoms with Crippen molar-refractivity contribution in [1.82, 2.24) is 14.7 Å². The quantitative estimate of drug-likeness (QED) is 0.682. The van der Waals surface area contributed by atoms with Gasteiger partial charge in [0.15, 0.2) is 6.61 Å². The van der Waals surface area contributed by atoms with Gasteiger partial charge in [0.1, 0.15) is 10.7 Å². The number of ether oxygens (including phenoxy) is 1. The molecule has 0 atom stereocenters. The molecule has 2 aromatic rings. The van der Waals surface area contributed by atoms with Crippen LogP contribution in [0.1, 0.15) is 41.4 Å². The van der Waals surface area contributed by atoms with E-state index in [0.29, 0.717) is 36.3 Å². The molecule has 0 bridgehead atoms. The van der Waals surface area contributed by atoms with Gasteiger partial charge < -0.3 is 9.64 Å². The number of rotatable bonds is 5. The van der Waals surface area contributed by atoms with Gasteiger partial charge in [-0.1, -0.05) is 48.3 Å². The minimum absolute atomic E-state index is 0.168. The first-order valence-corrected chi connectivity index (χ1v) is 10.0. The predicted molar refractivity (Wildman–Crippen MR) is 108 cm³/mol. The zero-order valence-electron chi connectivity index (χ0n) is 16.0. The van der Waals surface area contributed by atoms with Crippen molar-refractivity contribution in [3.63, 3.8) is 0 Å². The summed E-state index contributed by atoms with van der Waals surface area (Å²) in [7, 11) is 0. The third kappa shape index (κ3) is 4.67. The van der Waals surface area contributed by atoms with Crippen LogP contribution in [0.2, 0.25) is 10.2 Å². The lowest BCUT2D eigenvalue weighted by atomic mass is 9.99. The van der Waals surface area contributed by atoms with Crippen LogP contribution in [0, 0.1) is 12.8 Å². The molecule has 1 aromatic carbocycles. The summed E-state index contributed by atoms with van der Waals surface area (Å²) in [6.45, 7) is 5.29. The number of carbonyl (C=O) groups is 2. The summed E-state index contributed by atoms with van der Waals surface area (Å²) in [5.41, 5.74) is 1.46. The Hall–Kier alpha value is -2.05. The summed E-state index contributed by atoms with van der Waals surface area (Å²) in [5, 5.41) is 5.09. The average Bonchev–Trinajstić information content (AvgIpc) is 2.95.